The second-order valence-electron chi connectivity index (χ2n) is 3.89. The Hall–Kier alpha value is -2.07. The van der Waals surface area contributed by atoms with Gasteiger partial charge in [0.15, 0.2) is 0 Å². The van der Waals surface area contributed by atoms with E-state index in [-0.39, 0.29) is 0 Å². The maximum absolute atomic E-state index is 5.62. The number of fused-ring (bicyclic) bond motifs is 1. The summed E-state index contributed by atoms with van der Waals surface area (Å²) in [6.45, 7) is 0. The SMILES string of the molecule is Nc1cncc(Sc2ccc3ccccc3c2)n1. The molecular formula is C14H11N3S. The predicted molar refractivity (Wildman–Crippen MR) is 74.5 cm³/mol. The smallest absolute Gasteiger partial charge is 0.143 e. The molecule has 2 N–H and O–H groups in total. The van der Waals surface area contributed by atoms with Crippen LogP contribution in [0.5, 0.6) is 0 Å². The second-order valence-corrected chi connectivity index (χ2v) is 4.99. The van der Waals surface area contributed by atoms with Gasteiger partial charge in [-0.2, -0.15) is 0 Å². The van der Waals surface area contributed by atoms with Gasteiger partial charge < -0.3 is 5.73 Å². The summed E-state index contributed by atoms with van der Waals surface area (Å²) >= 11 is 1.56. The largest absolute Gasteiger partial charge is 0.382 e. The summed E-state index contributed by atoms with van der Waals surface area (Å²) in [5.74, 6) is 0.445. The van der Waals surface area contributed by atoms with Gasteiger partial charge in [-0.3, -0.25) is 4.98 Å². The molecule has 18 heavy (non-hydrogen) atoms. The van der Waals surface area contributed by atoms with Gasteiger partial charge in [0.05, 0.1) is 12.4 Å². The van der Waals surface area contributed by atoms with Gasteiger partial charge in [-0.05, 0) is 22.9 Å². The minimum absolute atomic E-state index is 0.445. The highest BCUT2D eigenvalue weighted by molar-refractivity contribution is 7.99. The molecule has 0 aliphatic carbocycles. The van der Waals surface area contributed by atoms with Crippen molar-refractivity contribution in [2.75, 3.05) is 5.73 Å². The monoisotopic (exact) mass is 253 g/mol. The van der Waals surface area contributed by atoms with Crippen LogP contribution >= 0.6 is 11.8 Å². The van der Waals surface area contributed by atoms with Crippen molar-refractivity contribution < 1.29 is 0 Å². The van der Waals surface area contributed by atoms with E-state index in [9.17, 15) is 0 Å². The molecule has 0 saturated carbocycles. The molecule has 0 atom stereocenters. The molecular weight excluding hydrogens is 242 g/mol. The van der Waals surface area contributed by atoms with E-state index < -0.39 is 0 Å². The van der Waals surface area contributed by atoms with E-state index in [1.165, 1.54) is 10.8 Å². The highest BCUT2D eigenvalue weighted by Crippen LogP contribution is 2.28. The van der Waals surface area contributed by atoms with Crippen LogP contribution in [0.15, 0.2) is 64.8 Å². The third kappa shape index (κ3) is 2.28. The first-order valence-corrected chi connectivity index (χ1v) is 6.37. The molecule has 0 amide bonds. The van der Waals surface area contributed by atoms with Gasteiger partial charge in [-0.15, -0.1) is 0 Å². The lowest BCUT2D eigenvalue weighted by Crippen LogP contribution is -1.92. The molecule has 0 spiro atoms. The predicted octanol–water partition coefficient (Wildman–Crippen LogP) is 3.36. The van der Waals surface area contributed by atoms with Crippen LogP contribution in [0.25, 0.3) is 10.8 Å². The van der Waals surface area contributed by atoms with Crippen LogP contribution in [0.3, 0.4) is 0 Å². The van der Waals surface area contributed by atoms with Crippen molar-refractivity contribution in [3.05, 3.63) is 54.9 Å². The minimum Gasteiger partial charge on any atom is -0.382 e. The lowest BCUT2D eigenvalue weighted by molar-refractivity contribution is 1.07. The van der Waals surface area contributed by atoms with Gasteiger partial charge in [0.2, 0.25) is 0 Å². The average molecular weight is 253 g/mol. The quantitative estimate of drug-likeness (QED) is 0.760. The highest BCUT2D eigenvalue weighted by atomic mass is 32.2. The van der Waals surface area contributed by atoms with E-state index in [4.69, 9.17) is 5.73 Å². The molecule has 2 aromatic carbocycles. The molecule has 1 aromatic heterocycles. The number of nitrogen functional groups attached to an aromatic ring is 1. The standard InChI is InChI=1S/C14H11N3S/c15-13-8-16-9-14(17-13)18-12-6-5-10-3-1-2-4-11(10)7-12/h1-9H,(H2,15,17). The number of hydrogen-bond donors (Lipinski definition) is 1. The number of rotatable bonds is 2. The Morgan fingerprint density at radius 2 is 1.78 bits per heavy atom. The minimum atomic E-state index is 0.445. The molecule has 3 nitrogen and oxygen atoms in total. The van der Waals surface area contributed by atoms with Crippen LogP contribution in [-0.4, -0.2) is 9.97 Å². The van der Waals surface area contributed by atoms with E-state index in [1.807, 2.05) is 12.1 Å². The molecule has 0 unspecified atom stereocenters. The molecule has 0 aliphatic heterocycles. The van der Waals surface area contributed by atoms with Crippen molar-refractivity contribution in [2.24, 2.45) is 0 Å². The van der Waals surface area contributed by atoms with E-state index >= 15 is 0 Å². The fraction of sp³-hybridized carbons (Fsp3) is 0. The topological polar surface area (TPSA) is 51.8 Å². The molecule has 0 saturated heterocycles. The lowest BCUT2D eigenvalue weighted by atomic mass is 10.1. The molecule has 0 fully saturated rings. The molecule has 88 valence electrons. The van der Waals surface area contributed by atoms with Crippen LogP contribution in [0.4, 0.5) is 5.82 Å². The average Bonchev–Trinajstić information content (AvgIpc) is 2.39. The number of nitrogens with two attached hydrogens (primary N) is 1. The van der Waals surface area contributed by atoms with Gasteiger partial charge in [0.25, 0.3) is 0 Å². The summed E-state index contributed by atoms with van der Waals surface area (Å²) in [5, 5.41) is 3.27. The third-order valence-corrected chi connectivity index (χ3v) is 3.47. The number of hydrogen-bond acceptors (Lipinski definition) is 4. The van der Waals surface area contributed by atoms with Gasteiger partial charge in [0.1, 0.15) is 10.8 Å². The van der Waals surface area contributed by atoms with Crippen LogP contribution in [-0.2, 0) is 0 Å². The first kappa shape index (κ1) is 11.0. The van der Waals surface area contributed by atoms with E-state index in [0.717, 1.165) is 9.92 Å². The zero-order chi connectivity index (χ0) is 12.4. The number of anilines is 1. The summed E-state index contributed by atoms with van der Waals surface area (Å²) in [7, 11) is 0. The lowest BCUT2D eigenvalue weighted by Gasteiger charge is -2.03. The molecule has 3 rings (SSSR count). The second kappa shape index (κ2) is 4.66. The number of aromatic nitrogens is 2. The molecule has 1 heterocycles. The maximum Gasteiger partial charge on any atom is 0.143 e. The van der Waals surface area contributed by atoms with E-state index in [0.29, 0.717) is 5.82 Å². The molecule has 0 radical (unpaired) electrons. The molecule has 0 bridgehead atoms. The highest BCUT2D eigenvalue weighted by Gasteiger charge is 2.01. The summed E-state index contributed by atoms with van der Waals surface area (Å²) in [4.78, 5) is 9.39. The third-order valence-electron chi connectivity index (χ3n) is 2.57. The maximum atomic E-state index is 5.62. The van der Waals surface area contributed by atoms with Crippen molar-refractivity contribution in [1.82, 2.24) is 9.97 Å². The van der Waals surface area contributed by atoms with Crippen LogP contribution in [0.1, 0.15) is 0 Å². The first-order chi connectivity index (χ1) is 8.81. The van der Waals surface area contributed by atoms with E-state index in [1.54, 1.807) is 24.2 Å². The summed E-state index contributed by atoms with van der Waals surface area (Å²) in [6, 6.07) is 14.6. The van der Waals surface area contributed by atoms with Crippen molar-refractivity contribution in [1.29, 1.82) is 0 Å². The van der Waals surface area contributed by atoms with Crippen molar-refractivity contribution >= 4 is 28.4 Å². The number of benzene rings is 2. The molecule has 0 aliphatic rings. The Morgan fingerprint density at radius 3 is 2.61 bits per heavy atom. The Balaban J connectivity index is 1.95. The first-order valence-electron chi connectivity index (χ1n) is 5.55. The Bertz CT molecular complexity index is 697. The summed E-state index contributed by atoms with van der Waals surface area (Å²) < 4.78 is 0. The Labute approximate surface area is 109 Å². The summed E-state index contributed by atoms with van der Waals surface area (Å²) in [6.07, 6.45) is 3.26. The van der Waals surface area contributed by atoms with Gasteiger partial charge in [0, 0.05) is 4.90 Å². The van der Waals surface area contributed by atoms with Gasteiger partial charge >= 0.3 is 0 Å². The Morgan fingerprint density at radius 1 is 0.944 bits per heavy atom. The van der Waals surface area contributed by atoms with E-state index in [2.05, 4.69) is 40.3 Å². The van der Waals surface area contributed by atoms with Crippen molar-refractivity contribution in [2.45, 2.75) is 9.92 Å². The molecule has 4 heteroatoms. The van der Waals surface area contributed by atoms with Crippen LogP contribution < -0.4 is 5.73 Å². The van der Waals surface area contributed by atoms with Crippen molar-refractivity contribution in [3.8, 4) is 0 Å². The Kier molecular flexibility index (Phi) is 2.86. The fourth-order valence-corrected chi connectivity index (χ4v) is 2.59. The zero-order valence-corrected chi connectivity index (χ0v) is 10.4. The summed E-state index contributed by atoms with van der Waals surface area (Å²) in [5.41, 5.74) is 5.62. The number of nitrogens with zero attached hydrogens (tertiary/aromatic N) is 2. The van der Waals surface area contributed by atoms with Gasteiger partial charge in [-0.1, -0.05) is 42.1 Å². The fourth-order valence-electron chi connectivity index (χ4n) is 1.76. The van der Waals surface area contributed by atoms with Gasteiger partial charge in [-0.25, -0.2) is 4.98 Å². The van der Waals surface area contributed by atoms with Crippen LogP contribution in [0, 0.1) is 0 Å². The normalized spacial score (nSPS) is 10.7. The molecule has 3 aromatic rings. The van der Waals surface area contributed by atoms with Crippen LogP contribution in [0.2, 0.25) is 0 Å². The zero-order valence-electron chi connectivity index (χ0n) is 9.58. The van der Waals surface area contributed by atoms with Crippen molar-refractivity contribution in [3.63, 3.8) is 0 Å².